The number of ether oxygens (including phenoxy) is 4. The van der Waals surface area contributed by atoms with Crippen molar-refractivity contribution in [2.24, 2.45) is 0 Å². The molecule has 2 aliphatic rings. The Labute approximate surface area is 206 Å². The van der Waals surface area contributed by atoms with E-state index in [0.717, 1.165) is 75.8 Å². The molecule has 0 radical (unpaired) electrons. The summed E-state index contributed by atoms with van der Waals surface area (Å²) in [5.41, 5.74) is 0. The molecule has 35 heavy (non-hydrogen) atoms. The second kappa shape index (κ2) is 15.3. The first-order valence-electron chi connectivity index (χ1n) is 12.1. The minimum Gasteiger partial charge on any atom is -0.379 e. The second-order valence-corrected chi connectivity index (χ2v) is 8.40. The predicted octanol–water partition coefficient (Wildman–Crippen LogP) is -0.974. The summed E-state index contributed by atoms with van der Waals surface area (Å²) in [5, 5.41) is 21.3. The largest absolute Gasteiger partial charge is 0.379 e. The third-order valence-corrected chi connectivity index (χ3v) is 5.78. The van der Waals surface area contributed by atoms with Gasteiger partial charge in [0.2, 0.25) is 5.95 Å². The van der Waals surface area contributed by atoms with Gasteiger partial charge in [-0.1, -0.05) is 0 Å². The van der Waals surface area contributed by atoms with Gasteiger partial charge in [-0.2, -0.15) is 15.0 Å². The van der Waals surface area contributed by atoms with Crippen LogP contribution < -0.4 is 15.0 Å². The summed E-state index contributed by atoms with van der Waals surface area (Å²) in [5.74, 6) is 0.370. The molecule has 2 fully saturated rings. The van der Waals surface area contributed by atoms with Crippen LogP contribution in [-0.4, -0.2) is 154 Å². The fraction of sp³-hybridized carbons (Fsp3) is 0.857. The third kappa shape index (κ3) is 9.93. The van der Waals surface area contributed by atoms with Gasteiger partial charge in [0.05, 0.1) is 52.9 Å². The molecular weight excluding hydrogens is 460 g/mol. The zero-order chi connectivity index (χ0) is 24.9. The van der Waals surface area contributed by atoms with Crippen LogP contribution in [-0.2, 0) is 18.9 Å². The van der Waals surface area contributed by atoms with Crippen LogP contribution in [0, 0.1) is 0 Å². The average molecular weight is 501 g/mol. The molecule has 2 N–H and O–H groups in total. The predicted molar refractivity (Wildman–Crippen MR) is 129 cm³/mol. The molecule has 3 rings (SSSR count). The quantitative estimate of drug-likeness (QED) is 0.226. The first-order chi connectivity index (χ1) is 17.0. The second-order valence-electron chi connectivity index (χ2n) is 8.40. The number of hydroxylamine groups is 2. The van der Waals surface area contributed by atoms with Crippen LogP contribution in [0.25, 0.3) is 0 Å². The van der Waals surface area contributed by atoms with Gasteiger partial charge in [0.1, 0.15) is 0 Å². The number of hydrogen-bond donors (Lipinski definition) is 2. The SMILES string of the molecule is CN(O)c1nc(N(C)O)nc(N(CCOCCN2CCOCC2)CCOCCN2CCOCC2)n1. The Kier molecular flexibility index (Phi) is 12.1. The van der Waals surface area contributed by atoms with Crippen molar-refractivity contribution < 1.29 is 29.4 Å². The van der Waals surface area contributed by atoms with Gasteiger partial charge in [-0.15, -0.1) is 0 Å². The van der Waals surface area contributed by atoms with Gasteiger partial charge in [-0.05, 0) is 0 Å². The Hall–Kier alpha value is -1.91. The highest BCUT2D eigenvalue weighted by Gasteiger charge is 2.17. The molecule has 0 spiro atoms. The summed E-state index contributed by atoms with van der Waals surface area (Å²) in [6, 6.07) is 0. The Morgan fingerprint density at radius 1 is 0.686 bits per heavy atom. The van der Waals surface area contributed by atoms with Crippen molar-refractivity contribution in [2.75, 3.05) is 134 Å². The lowest BCUT2D eigenvalue weighted by Crippen LogP contribution is -2.39. The fourth-order valence-corrected chi connectivity index (χ4v) is 3.68. The molecular formula is C21H40N8O6. The van der Waals surface area contributed by atoms with Gasteiger partial charge in [0.15, 0.2) is 0 Å². The van der Waals surface area contributed by atoms with Gasteiger partial charge in [-0.3, -0.25) is 20.2 Å². The molecule has 0 saturated carbocycles. The van der Waals surface area contributed by atoms with E-state index >= 15 is 0 Å². The number of rotatable bonds is 15. The number of nitrogens with zero attached hydrogens (tertiary/aromatic N) is 8. The Balaban J connectivity index is 1.52. The first-order valence-corrected chi connectivity index (χ1v) is 12.1. The highest BCUT2D eigenvalue weighted by Crippen LogP contribution is 2.16. The van der Waals surface area contributed by atoms with E-state index in [1.54, 1.807) is 0 Å². The molecule has 14 heteroatoms. The van der Waals surface area contributed by atoms with Crippen LogP contribution in [0.1, 0.15) is 0 Å². The van der Waals surface area contributed by atoms with Crippen molar-refractivity contribution in [3.8, 4) is 0 Å². The van der Waals surface area contributed by atoms with Gasteiger partial charge in [0, 0.05) is 66.5 Å². The number of hydrogen-bond acceptors (Lipinski definition) is 14. The molecule has 0 aromatic carbocycles. The van der Waals surface area contributed by atoms with Crippen LogP contribution in [0.15, 0.2) is 0 Å². The molecule has 14 nitrogen and oxygen atoms in total. The summed E-state index contributed by atoms with van der Waals surface area (Å²) in [4.78, 5) is 19.3. The summed E-state index contributed by atoms with van der Waals surface area (Å²) in [6.45, 7) is 11.7. The number of aromatic nitrogens is 3. The van der Waals surface area contributed by atoms with Crippen molar-refractivity contribution in [3.63, 3.8) is 0 Å². The molecule has 0 atom stereocenters. The van der Waals surface area contributed by atoms with Crippen molar-refractivity contribution in [1.29, 1.82) is 0 Å². The minimum atomic E-state index is 0.0253. The van der Waals surface area contributed by atoms with E-state index in [1.165, 1.54) is 14.1 Å². The third-order valence-electron chi connectivity index (χ3n) is 5.78. The van der Waals surface area contributed by atoms with Gasteiger partial charge < -0.3 is 23.8 Å². The van der Waals surface area contributed by atoms with Gasteiger partial charge >= 0.3 is 0 Å². The topological polar surface area (TPSA) is 132 Å². The maximum absolute atomic E-state index is 9.86. The van der Waals surface area contributed by atoms with E-state index in [1.807, 2.05) is 4.90 Å². The van der Waals surface area contributed by atoms with E-state index < -0.39 is 0 Å². The van der Waals surface area contributed by atoms with Crippen LogP contribution in [0.2, 0.25) is 0 Å². The molecule has 2 aliphatic heterocycles. The summed E-state index contributed by atoms with van der Waals surface area (Å²) in [6.07, 6.45) is 0. The average Bonchev–Trinajstić information content (AvgIpc) is 2.88. The van der Waals surface area contributed by atoms with E-state index in [4.69, 9.17) is 18.9 Å². The Bertz CT molecular complexity index is 665. The lowest BCUT2D eigenvalue weighted by atomic mass is 10.4. The zero-order valence-electron chi connectivity index (χ0n) is 20.9. The minimum absolute atomic E-state index is 0.0253. The molecule has 200 valence electrons. The van der Waals surface area contributed by atoms with Gasteiger partial charge in [-0.25, -0.2) is 10.1 Å². The highest BCUT2D eigenvalue weighted by molar-refractivity contribution is 5.43. The van der Waals surface area contributed by atoms with Crippen molar-refractivity contribution in [2.45, 2.75) is 0 Å². The maximum atomic E-state index is 9.86. The Morgan fingerprint density at radius 3 is 1.49 bits per heavy atom. The number of morpholine rings is 2. The standard InChI is InChI=1S/C21H40N8O6/c1-25(30)19-22-20(26(2)31)24-21(23-19)29(9-17-34-15-7-27-3-11-32-12-4-27)10-18-35-16-8-28-5-13-33-14-6-28/h30-31H,3-18H2,1-2H3. The van der Waals surface area contributed by atoms with Crippen LogP contribution in [0.4, 0.5) is 17.8 Å². The summed E-state index contributed by atoms with van der Waals surface area (Å²) < 4.78 is 22.5. The molecule has 3 heterocycles. The lowest BCUT2D eigenvalue weighted by Gasteiger charge is -2.27. The highest BCUT2D eigenvalue weighted by atomic mass is 16.5. The van der Waals surface area contributed by atoms with E-state index in [-0.39, 0.29) is 11.9 Å². The molecule has 0 aliphatic carbocycles. The van der Waals surface area contributed by atoms with E-state index in [0.29, 0.717) is 45.5 Å². The smallest absolute Gasteiger partial charge is 0.256 e. The Morgan fingerprint density at radius 2 is 1.09 bits per heavy atom. The number of anilines is 3. The molecule has 2 saturated heterocycles. The zero-order valence-corrected chi connectivity index (χ0v) is 20.9. The first kappa shape index (κ1) is 27.7. The molecule has 1 aromatic rings. The molecule has 0 bridgehead atoms. The van der Waals surface area contributed by atoms with Crippen molar-refractivity contribution >= 4 is 17.8 Å². The summed E-state index contributed by atoms with van der Waals surface area (Å²) >= 11 is 0. The van der Waals surface area contributed by atoms with Gasteiger partial charge in [0.25, 0.3) is 11.9 Å². The van der Waals surface area contributed by atoms with E-state index in [2.05, 4.69) is 24.8 Å². The molecule has 1 aromatic heterocycles. The molecule has 0 amide bonds. The normalized spacial score (nSPS) is 17.5. The summed E-state index contributed by atoms with van der Waals surface area (Å²) in [7, 11) is 2.82. The van der Waals surface area contributed by atoms with Crippen LogP contribution in [0.5, 0.6) is 0 Å². The van der Waals surface area contributed by atoms with Crippen LogP contribution >= 0.6 is 0 Å². The fourth-order valence-electron chi connectivity index (χ4n) is 3.68. The van der Waals surface area contributed by atoms with Crippen LogP contribution in [0.3, 0.4) is 0 Å². The maximum Gasteiger partial charge on any atom is 0.256 e. The monoisotopic (exact) mass is 500 g/mol. The van der Waals surface area contributed by atoms with Crippen molar-refractivity contribution in [1.82, 2.24) is 24.8 Å². The van der Waals surface area contributed by atoms with Crippen molar-refractivity contribution in [3.05, 3.63) is 0 Å². The van der Waals surface area contributed by atoms with E-state index in [9.17, 15) is 10.4 Å². The molecule has 0 unspecified atom stereocenters. The lowest BCUT2D eigenvalue weighted by molar-refractivity contribution is 0.0199.